The van der Waals surface area contributed by atoms with Gasteiger partial charge in [-0.15, -0.1) is 0 Å². The first-order valence-corrected chi connectivity index (χ1v) is 7.54. The molecule has 1 aromatic rings. The van der Waals surface area contributed by atoms with Gasteiger partial charge in [0.05, 0.1) is 0 Å². The van der Waals surface area contributed by atoms with Gasteiger partial charge in [-0.3, -0.25) is 4.90 Å². The Balaban J connectivity index is 1.94. The lowest BCUT2D eigenvalue weighted by atomic mass is 9.91. The number of aliphatic hydroxyl groups is 1. The van der Waals surface area contributed by atoms with E-state index in [0.29, 0.717) is 6.04 Å². The summed E-state index contributed by atoms with van der Waals surface area (Å²) in [5.41, 5.74) is 2.12. The second kappa shape index (κ2) is 7.96. The fourth-order valence-electron chi connectivity index (χ4n) is 2.55. The summed E-state index contributed by atoms with van der Waals surface area (Å²) < 4.78 is 0. The van der Waals surface area contributed by atoms with Crippen LogP contribution in [0.2, 0.25) is 0 Å². The summed E-state index contributed by atoms with van der Waals surface area (Å²) in [5, 5.41) is 17.6. The second-order valence-corrected chi connectivity index (χ2v) is 5.55. The monoisotopic (exact) mass is 289 g/mol. The quantitative estimate of drug-likeness (QED) is 0.722. The van der Waals surface area contributed by atoms with E-state index in [4.69, 9.17) is 10.2 Å². The summed E-state index contributed by atoms with van der Waals surface area (Å²) in [6.07, 6.45) is 7.38. The molecule has 1 aliphatic rings. The molecule has 114 valence electrons. The number of carbonyl (C=O) groups is 1. The van der Waals surface area contributed by atoms with Crippen LogP contribution in [0.4, 0.5) is 0 Å². The summed E-state index contributed by atoms with van der Waals surface area (Å²) in [4.78, 5) is 12.9. The molecule has 0 heterocycles. The Labute approximate surface area is 125 Å². The lowest BCUT2D eigenvalue weighted by molar-refractivity contribution is -0.131. The van der Waals surface area contributed by atoms with E-state index in [1.807, 2.05) is 24.3 Å². The molecule has 0 unspecified atom stereocenters. The number of nitrogens with zero attached hydrogens (tertiary/aromatic N) is 1. The SMILES string of the molecule is O=C(O)/C=C/c1ccc(CN(CCCO)C2CCC2)cc1. The van der Waals surface area contributed by atoms with E-state index in [2.05, 4.69) is 4.90 Å². The minimum atomic E-state index is -0.931. The van der Waals surface area contributed by atoms with Crippen molar-refractivity contribution in [3.63, 3.8) is 0 Å². The number of carboxylic acid groups (broad SMARTS) is 1. The van der Waals surface area contributed by atoms with Crippen LogP contribution in [0, 0.1) is 0 Å². The van der Waals surface area contributed by atoms with Crippen LogP contribution in [0.25, 0.3) is 6.08 Å². The zero-order valence-electron chi connectivity index (χ0n) is 12.2. The molecule has 2 rings (SSSR count). The normalized spacial score (nSPS) is 15.5. The first-order chi connectivity index (χ1) is 10.2. The fourth-order valence-corrected chi connectivity index (χ4v) is 2.55. The minimum absolute atomic E-state index is 0.238. The molecule has 0 radical (unpaired) electrons. The van der Waals surface area contributed by atoms with Crippen LogP contribution < -0.4 is 0 Å². The third-order valence-electron chi connectivity index (χ3n) is 3.98. The zero-order valence-corrected chi connectivity index (χ0v) is 12.2. The summed E-state index contributed by atoms with van der Waals surface area (Å²) in [6.45, 7) is 2.07. The summed E-state index contributed by atoms with van der Waals surface area (Å²) in [7, 11) is 0. The minimum Gasteiger partial charge on any atom is -0.478 e. The third kappa shape index (κ3) is 4.99. The Morgan fingerprint density at radius 3 is 2.52 bits per heavy atom. The first kappa shape index (κ1) is 15.7. The maximum atomic E-state index is 10.5. The number of aliphatic hydroxyl groups excluding tert-OH is 1. The molecule has 21 heavy (non-hydrogen) atoms. The lowest BCUT2D eigenvalue weighted by Gasteiger charge is -2.37. The van der Waals surface area contributed by atoms with Gasteiger partial charge < -0.3 is 10.2 Å². The van der Waals surface area contributed by atoms with Crippen LogP contribution in [-0.2, 0) is 11.3 Å². The predicted molar refractivity (Wildman–Crippen MR) is 82.9 cm³/mol. The van der Waals surface area contributed by atoms with Crippen LogP contribution in [0.5, 0.6) is 0 Å². The molecule has 0 atom stereocenters. The number of benzene rings is 1. The van der Waals surface area contributed by atoms with E-state index in [1.165, 1.54) is 24.8 Å². The number of carboxylic acids is 1. The van der Waals surface area contributed by atoms with Crippen LogP contribution in [0.15, 0.2) is 30.3 Å². The number of hydrogen-bond donors (Lipinski definition) is 2. The Kier molecular flexibility index (Phi) is 5.96. The Morgan fingerprint density at radius 1 is 1.29 bits per heavy atom. The highest BCUT2D eigenvalue weighted by Gasteiger charge is 2.24. The Morgan fingerprint density at radius 2 is 2.00 bits per heavy atom. The largest absolute Gasteiger partial charge is 0.478 e. The molecule has 1 fully saturated rings. The zero-order chi connectivity index (χ0) is 15.1. The first-order valence-electron chi connectivity index (χ1n) is 7.54. The van der Waals surface area contributed by atoms with Crippen molar-refractivity contribution in [2.24, 2.45) is 0 Å². The van der Waals surface area contributed by atoms with Gasteiger partial charge in [0.15, 0.2) is 0 Å². The molecule has 0 aliphatic heterocycles. The van der Waals surface area contributed by atoms with Gasteiger partial charge >= 0.3 is 5.97 Å². The van der Waals surface area contributed by atoms with Gasteiger partial charge in [-0.05, 0) is 36.5 Å². The van der Waals surface area contributed by atoms with Crippen molar-refractivity contribution in [2.45, 2.75) is 38.3 Å². The van der Waals surface area contributed by atoms with Crippen molar-refractivity contribution in [1.82, 2.24) is 4.90 Å². The van der Waals surface area contributed by atoms with Crippen molar-refractivity contribution < 1.29 is 15.0 Å². The average molecular weight is 289 g/mol. The van der Waals surface area contributed by atoms with Crippen molar-refractivity contribution in [3.8, 4) is 0 Å². The summed E-state index contributed by atoms with van der Waals surface area (Å²) in [5.74, 6) is -0.931. The molecular weight excluding hydrogens is 266 g/mol. The highest BCUT2D eigenvalue weighted by molar-refractivity contribution is 5.85. The topological polar surface area (TPSA) is 60.8 Å². The number of aliphatic carboxylic acids is 1. The third-order valence-corrected chi connectivity index (χ3v) is 3.98. The molecule has 1 aliphatic carbocycles. The molecule has 4 heteroatoms. The second-order valence-electron chi connectivity index (χ2n) is 5.55. The average Bonchev–Trinajstić information content (AvgIpc) is 2.42. The van der Waals surface area contributed by atoms with E-state index in [9.17, 15) is 4.79 Å². The summed E-state index contributed by atoms with van der Waals surface area (Å²) in [6, 6.07) is 8.64. The Hall–Kier alpha value is -1.65. The Bertz CT molecular complexity index is 477. The van der Waals surface area contributed by atoms with Crippen molar-refractivity contribution in [1.29, 1.82) is 0 Å². The van der Waals surface area contributed by atoms with E-state index >= 15 is 0 Å². The maximum absolute atomic E-state index is 10.5. The van der Waals surface area contributed by atoms with Gasteiger partial charge in [-0.1, -0.05) is 30.7 Å². The van der Waals surface area contributed by atoms with Gasteiger partial charge in [0.1, 0.15) is 0 Å². The standard InChI is InChI=1S/C17H23NO3/c19-12-2-11-18(16-3-1-4-16)13-15-7-5-14(6-8-15)9-10-17(20)21/h5-10,16,19H,1-4,11-13H2,(H,20,21)/b10-9+. The van der Waals surface area contributed by atoms with E-state index in [0.717, 1.165) is 31.1 Å². The highest BCUT2D eigenvalue weighted by Crippen LogP contribution is 2.26. The van der Waals surface area contributed by atoms with Gasteiger partial charge in [0, 0.05) is 31.8 Å². The molecule has 1 saturated carbocycles. The molecule has 2 N–H and O–H groups in total. The maximum Gasteiger partial charge on any atom is 0.328 e. The van der Waals surface area contributed by atoms with Crippen molar-refractivity contribution in [2.75, 3.05) is 13.2 Å². The van der Waals surface area contributed by atoms with Crippen LogP contribution in [-0.4, -0.2) is 40.3 Å². The predicted octanol–water partition coefficient (Wildman–Crippen LogP) is 2.52. The highest BCUT2D eigenvalue weighted by atomic mass is 16.4. The molecule has 0 aromatic heterocycles. The van der Waals surface area contributed by atoms with Gasteiger partial charge in [0.25, 0.3) is 0 Å². The fraction of sp³-hybridized carbons (Fsp3) is 0.471. The van der Waals surface area contributed by atoms with Crippen LogP contribution in [0.1, 0.15) is 36.8 Å². The molecule has 4 nitrogen and oxygen atoms in total. The molecule has 0 spiro atoms. The van der Waals surface area contributed by atoms with Crippen molar-refractivity contribution >= 4 is 12.0 Å². The van der Waals surface area contributed by atoms with Crippen LogP contribution >= 0.6 is 0 Å². The van der Waals surface area contributed by atoms with Gasteiger partial charge in [-0.2, -0.15) is 0 Å². The molecular formula is C17H23NO3. The van der Waals surface area contributed by atoms with Gasteiger partial charge in [-0.25, -0.2) is 4.79 Å². The number of rotatable bonds is 8. The molecule has 1 aromatic carbocycles. The lowest BCUT2D eigenvalue weighted by Crippen LogP contribution is -2.40. The van der Waals surface area contributed by atoms with E-state index < -0.39 is 5.97 Å². The molecule has 0 saturated heterocycles. The van der Waals surface area contributed by atoms with Gasteiger partial charge in [0.2, 0.25) is 0 Å². The van der Waals surface area contributed by atoms with E-state index in [-0.39, 0.29) is 6.61 Å². The van der Waals surface area contributed by atoms with Crippen LogP contribution in [0.3, 0.4) is 0 Å². The van der Waals surface area contributed by atoms with E-state index in [1.54, 1.807) is 6.08 Å². The molecule has 0 amide bonds. The van der Waals surface area contributed by atoms with Crippen molar-refractivity contribution in [3.05, 3.63) is 41.5 Å². The number of hydrogen-bond acceptors (Lipinski definition) is 3. The summed E-state index contributed by atoms with van der Waals surface area (Å²) >= 11 is 0. The molecule has 0 bridgehead atoms. The smallest absolute Gasteiger partial charge is 0.328 e.